The van der Waals surface area contributed by atoms with E-state index in [2.05, 4.69) is 25.2 Å². The molecule has 7 heteroatoms. The monoisotopic (exact) mass is 304 g/mol. The number of aryl methyl sites for hydroxylation is 1. The van der Waals surface area contributed by atoms with E-state index >= 15 is 0 Å². The number of nitrogens with one attached hydrogen (secondary N) is 1. The van der Waals surface area contributed by atoms with E-state index in [1.807, 2.05) is 25.1 Å². The third-order valence-electron chi connectivity index (χ3n) is 3.49. The molecule has 2 heterocycles. The lowest BCUT2D eigenvalue weighted by molar-refractivity contribution is 0.887. The van der Waals surface area contributed by atoms with E-state index in [1.54, 1.807) is 0 Å². The summed E-state index contributed by atoms with van der Waals surface area (Å²) in [6.45, 7) is 3.88. The zero-order chi connectivity index (χ0) is 14.8. The van der Waals surface area contributed by atoms with Crippen LogP contribution in [-0.4, -0.2) is 28.0 Å². The summed E-state index contributed by atoms with van der Waals surface area (Å²) in [5.74, 6) is 1.24. The Balaban J connectivity index is 1.91. The van der Waals surface area contributed by atoms with Crippen molar-refractivity contribution >= 4 is 35.1 Å². The fourth-order valence-corrected chi connectivity index (χ4v) is 2.67. The Morgan fingerprint density at radius 2 is 1.95 bits per heavy atom. The second kappa shape index (κ2) is 5.73. The smallest absolute Gasteiger partial charge is 0.233 e. The third kappa shape index (κ3) is 3.00. The zero-order valence-corrected chi connectivity index (χ0v) is 12.6. The van der Waals surface area contributed by atoms with Gasteiger partial charge in [-0.25, -0.2) is 0 Å². The predicted molar refractivity (Wildman–Crippen MR) is 85.2 cm³/mol. The molecule has 0 amide bonds. The summed E-state index contributed by atoms with van der Waals surface area (Å²) in [6.07, 6.45) is 2.30. The average molecular weight is 305 g/mol. The van der Waals surface area contributed by atoms with Crippen molar-refractivity contribution < 1.29 is 0 Å². The van der Waals surface area contributed by atoms with Gasteiger partial charge in [0.15, 0.2) is 0 Å². The van der Waals surface area contributed by atoms with Crippen LogP contribution in [0.3, 0.4) is 0 Å². The molecule has 6 nitrogen and oxygen atoms in total. The Labute approximate surface area is 128 Å². The minimum atomic E-state index is 0.208. The Hall–Kier alpha value is -2.08. The second-order valence-corrected chi connectivity index (χ2v) is 5.48. The molecule has 0 aliphatic carbocycles. The Kier molecular flexibility index (Phi) is 3.79. The lowest BCUT2D eigenvalue weighted by Gasteiger charge is -2.16. The summed E-state index contributed by atoms with van der Waals surface area (Å²) in [4.78, 5) is 14.9. The van der Waals surface area contributed by atoms with Gasteiger partial charge in [-0.1, -0.05) is 23.7 Å². The Bertz CT molecular complexity index is 634. The fraction of sp³-hybridized carbons (Fsp3) is 0.357. The van der Waals surface area contributed by atoms with E-state index in [4.69, 9.17) is 17.3 Å². The van der Waals surface area contributed by atoms with Crippen molar-refractivity contribution in [3.05, 3.63) is 28.8 Å². The van der Waals surface area contributed by atoms with Gasteiger partial charge in [-0.2, -0.15) is 15.0 Å². The van der Waals surface area contributed by atoms with Crippen LogP contribution < -0.4 is 16.0 Å². The molecule has 3 rings (SSSR count). The molecular formula is C14H17ClN6. The number of anilines is 4. The maximum atomic E-state index is 6.21. The first kappa shape index (κ1) is 13.9. The van der Waals surface area contributed by atoms with Crippen LogP contribution in [0.25, 0.3) is 0 Å². The standard InChI is InChI=1S/C14H17ClN6/c1-9-5-4-6-10(15)11(9)17-13-18-12(16)19-14(20-13)21-7-2-3-8-21/h4-6H,2-3,7-8H2,1H3,(H3,16,17,18,19,20). The topological polar surface area (TPSA) is 80.0 Å². The van der Waals surface area contributed by atoms with Crippen molar-refractivity contribution in [1.29, 1.82) is 0 Å². The molecule has 0 radical (unpaired) electrons. The summed E-state index contributed by atoms with van der Waals surface area (Å²) in [5, 5.41) is 3.77. The van der Waals surface area contributed by atoms with Crippen LogP contribution in [0.1, 0.15) is 18.4 Å². The summed E-state index contributed by atoms with van der Waals surface area (Å²) in [7, 11) is 0. The van der Waals surface area contributed by atoms with Crippen molar-refractivity contribution in [2.75, 3.05) is 29.0 Å². The fourth-order valence-electron chi connectivity index (χ4n) is 2.40. The van der Waals surface area contributed by atoms with Gasteiger partial charge in [0.25, 0.3) is 0 Å². The molecule has 0 saturated carbocycles. The van der Waals surface area contributed by atoms with Crippen LogP contribution in [0, 0.1) is 6.92 Å². The van der Waals surface area contributed by atoms with Crippen LogP contribution in [0.2, 0.25) is 5.02 Å². The maximum Gasteiger partial charge on any atom is 0.233 e. The molecule has 1 fully saturated rings. The van der Waals surface area contributed by atoms with Gasteiger partial charge in [0, 0.05) is 13.1 Å². The zero-order valence-electron chi connectivity index (χ0n) is 11.8. The summed E-state index contributed by atoms with van der Waals surface area (Å²) < 4.78 is 0. The predicted octanol–water partition coefficient (Wildman–Crippen LogP) is 2.76. The lowest BCUT2D eigenvalue weighted by atomic mass is 10.2. The number of para-hydroxylation sites is 1. The minimum Gasteiger partial charge on any atom is -0.368 e. The van der Waals surface area contributed by atoms with Gasteiger partial charge in [-0.05, 0) is 31.4 Å². The molecule has 2 aromatic rings. The first-order valence-corrected chi connectivity index (χ1v) is 7.30. The SMILES string of the molecule is Cc1cccc(Cl)c1Nc1nc(N)nc(N2CCCC2)n1. The van der Waals surface area contributed by atoms with Crippen molar-refractivity contribution in [1.82, 2.24) is 15.0 Å². The number of benzene rings is 1. The van der Waals surface area contributed by atoms with Crippen molar-refractivity contribution in [3.8, 4) is 0 Å². The summed E-state index contributed by atoms with van der Waals surface area (Å²) >= 11 is 6.21. The highest BCUT2D eigenvalue weighted by Gasteiger charge is 2.17. The molecule has 21 heavy (non-hydrogen) atoms. The van der Waals surface area contributed by atoms with E-state index in [0.29, 0.717) is 16.9 Å². The number of aromatic nitrogens is 3. The molecule has 1 aliphatic rings. The van der Waals surface area contributed by atoms with Gasteiger partial charge in [-0.15, -0.1) is 0 Å². The largest absolute Gasteiger partial charge is 0.368 e. The van der Waals surface area contributed by atoms with E-state index in [9.17, 15) is 0 Å². The molecule has 0 bridgehead atoms. The van der Waals surface area contributed by atoms with Crippen LogP contribution >= 0.6 is 11.6 Å². The highest BCUT2D eigenvalue weighted by atomic mass is 35.5. The number of hydrogen-bond acceptors (Lipinski definition) is 6. The molecule has 1 aliphatic heterocycles. The summed E-state index contributed by atoms with van der Waals surface area (Å²) in [5.41, 5.74) is 7.60. The molecule has 0 spiro atoms. The molecule has 3 N–H and O–H groups in total. The van der Waals surface area contributed by atoms with Crippen LogP contribution in [-0.2, 0) is 0 Å². The summed E-state index contributed by atoms with van der Waals surface area (Å²) in [6, 6.07) is 5.70. The minimum absolute atomic E-state index is 0.208. The van der Waals surface area contributed by atoms with Gasteiger partial charge in [0.2, 0.25) is 17.8 Å². The number of nitrogen functional groups attached to an aromatic ring is 1. The second-order valence-electron chi connectivity index (χ2n) is 5.07. The van der Waals surface area contributed by atoms with E-state index < -0.39 is 0 Å². The highest BCUT2D eigenvalue weighted by molar-refractivity contribution is 6.33. The first-order valence-electron chi connectivity index (χ1n) is 6.92. The maximum absolute atomic E-state index is 6.21. The van der Waals surface area contributed by atoms with Crippen LogP contribution in [0.5, 0.6) is 0 Å². The average Bonchev–Trinajstić information content (AvgIpc) is 2.97. The van der Waals surface area contributed by atoms with Crippen molar-refractivity contribution in [2.24, 2.45) is 0 Å². The van der Waals surface area contributed by atoms with E-state index in [0.717, 1.165) is 37.2 Å². The van der Waals surface area contributed by atoms with Crippen LogP contribution in [0.4, 0.5) is 23.5 Å². The van der Waals surface area contributed by atoms with Crippen LogP contribution in [0.15, 0.2) is 18.2 Å². The van der Waals surface area contributed by atoms with Gasteiger partial charge in [0.1, 0.15) is 0 Å². The molecular weight excluding hydrogens is 288 g/mol. The highest BCUT2D eigenvalue weighted by Crippen LogP contribution is 2.28. The number of nitrogens with zero attached hydrogens (tertiary/aromatic N) is 4. The number of rotatable bonds is 3. The van der Waals surface area contributed by atoms with Crippen molar-refractivity contribution in [2.45, 2.75) is 19.8 Å². The quantitative estimate of drug-likeness (QED) is 0.907. The molecule has 1 saturated heterocycles. The Morgan fingerprint density at radius 3 is 2.67 bits per heavy atom. The first-order chi connectivity index (χ1) is 10.1. The van der Waals surface area contributed by atoms with Gasteiger partial charge in [-0.3, -0.25) is 0 Å². The van der Waals surface area contributed by atoms with Gasteiger partial charge < -0.3 is 16.0 Å². The molecule has 110 valence electrons. The number of halogens is 1. The van der Waals surface area contributed by atoms with Gasteiger partial charge >= 0.3 is 0 Å². The molecule has 0 unspecified atom stereocenters. The molecule has 1 aromatic carbocycles. The number of nitrogens with two attached hydrogens (primary N) is 1. The molecule has 1 aromatic heterocycles. The van der Waals surface area contributed by atoms with E-state index in [-0.39, 0.29) is 5.95 Å². The van der Waals surface area contributed by atoms with Crippen molar-refractivity contribution in [3.63, 3.8) is 0 Å². The lowest BCUT2D eigenvalue weighted by Crippen LogP contribution is -2.22. The van der Waals surface area contributed by atoms with Gasteiger partial charge in [0.05, 0.1) is 10.7 Å². The molecule has 0 atom stereocenters. The Morgan fingerprint density at radius 1 is 1.19 bits per heavy atom. The normalized spacial score (nSPS) is 14.5. The third-order valence-corrected chi connectivity index (χ3v) is 3.80. The van der Waals surface area contributed by atoms with E-state index in [1.165, 1.54) is 0 Å². The number of hydrogen-bond donors (Lipinski definition) is 2.